The molecule has 0 amide bonds. The predicted octanol–water partition coefficient (Wildman–Crippen LogP) is 2.31. The largest absolute Gasteiger partial charge is 0.283 e. The number of hydrogen-bond acceptors (Lipinski definition) is 6. The summed E-state index contributed by atoms with van der Waals surface area (Å²) >= 11 is 1.19. The monoisotopic (exact) mass is 265 g/mol. The molecule has 0 radical (unpaired) electrons. The highest BCUT2D eigenvalue weighted by Crippen LogP contribution is 2.33. The summed E-state index contributed by atoms with van der Waals surface area (Å²) < 4.78 is 1.63. The third-order valence-corrected chi connectivity index (χ3v) is 3.23. The summed E-state index contributed by atoms with van der Waals surface area (Å²) in [6.45, 7) is 3.89. The van der Waals surface area contributed by atoms with Crippen LogP contribution in [-0.4, -0.2) is 25.1 Å². The number of nitro benzene ring substituents is 1. The van der Waals surface area contributed by atoms with Gasteiger partial charge in [0.1, 0.15) is 0 Å². The molecule has 0 unspecified atom stereocenters. The molecule has 0 aliphatic carbocycles. The van der Waals surface area contributed by atoms with Crippen LogP contribution in [0.3, 0.4) is 0 Å². The molecule has 0 bridgehead atoms. The van der Waals surface area contributed by atoms with Gasteiger partial charge in [-0.25, -0.2) is 4.68 Å². The summed E-state index contributed by atoms with van der Waals surface area (Å²) in [7, 11) is 0. The summed E-state index contributed by atoms with van der Waals surface area (Å²) in [6.07, 6.45) is 0. The Morgan fingerprint density at radius 3 is 2.78 bits per heavy atom. The van der Waals surface area contributed by atoms with Gasteiger partial charge < -0.3 is 0 Å². The maximum absolute atomic E-state index is 10.9. The molecular formula is C10H11N5O2S. The molecule has 2 aromatic rings. The van der Waals surface area contributed by atoms with Gasteiger partial charge in [-0.2, -0.15) is 0 Å². The molecule has 1 heterocycles. The van der Waals surface area contributed by atoms with Gasteiger partial charge in [-0.05, 0) is 42.1 Å². The first kappa shape index (κ1) is 12.5. The van der Waals surface area contributed by atoms with E-state index in [1.165, 1.54) is 17.8 Å². The Labute approximate surface area is 107 Å². The number of nitrogens with zero attached hydrogens (tertiary/aromatic N) is 5. The number of aromatic nitrogens is 4. The first-order chi connectivity index (χ1) is 8.59. The molecule has 0 aliphatic rings. The molecule has 1 aromatic carbocycles. The average molecular weight is 265 g/mol. The Morgan fingerprint density at radius 1 is 1.39 bits per heavy atom. The minimum atomic E-state index is -0.411. The lowest BCUT2D eigenvalue weighted by Gasteiger charge is -2.06. The third-order valence-electron chi connectivity index (χ3n) is 2.21. The molecule has 0 spiro atoms. The van der Waals surface area contributed by atoms with Crippen LogP contribution in [0.2, 0.25) is 0 Å². The van der Waals surface area contributed by atoms with Crippen molar-refractivity contribution in [3.63, 3.8) is 0 Å². The Balaban J connectivity index is 2.34. The maximum Gasteiger partial charge on any atom is 0.283 e. The van der Waals surface area contributed by atoms with Gasteiger partial charge in [0.15, 0.2) is 0 Å². The van der Waals surface area contributed by atoms with E-state index in [-0.39, 0.29) is 11.7 Å². The van der Waals surface area contributed by atoms with E-state index in [0.29, 0.717) is 10.1 Å². The molecule has 1 aromatic heterocycles. The second-order valence-electron chi connectivity index (χ2n) is 3.83. The fourth-order valence-corrected chi connectivity index (χ4v) is 2.38. The molecule has 8 heteroatoms. The van der Waals surface area contributed by atoms with Crippen molar-refractivity contribution in [1.29, 1.82) is 0 Å². The summed E-state index contributed by atoms with van der Waals surface area (Å²) in [6, 6.07) is 6.63. The Hall–Kier alpha value is -1.96. The van der Waals surface area contributed by atoms with Crippen molar-refractivity contribution in [2.75, 3.05) is 0 Å². The normalized spacial score (nSPS) is 10.8. The third kappa shape index (κ3) is 2.48. The van der Waals surface area contributed by atoms with Crippen LogP contribution in [0.15, 0.2) is 34.3 Å². The van der Waals surface area contributed by atoms with Gasteiger partial charge in [0.05, 0.1) is 15.9 Å². The Bertz CT molecular complexity index is 569. The van der Waals surface area contributed by atoms with Crippen molar-refractivity contribution in [3.8, 4) is 0 Å². The summed E-state index contributed by atoms with van der Waals surface area (Å²) in [5.74, 6) is 0. The van der Waals surface area contributed by atoms with Crippen LogP contribution in [0.25, 0.3) is 0 Å². The summed E-state index contributed by atoms with van der Waals surface area (Å²) in [4.78, 5) is 11.0. The quantitative estimate of drug-likeness (QED) is 0.622. The smallest absolute Gasteiger partial charge is 0.258 e. The highest BCUT2D eigenvalue weighted by Gasteiger charge is 2.17. The molecule has 0 saturated carbocycles. The molecule has 94 valence electrons. The first-order valence-electron chi connectivity index (χ1n) is 5.28. The van der Waals surface area contributed by atoms with Crippen molar-refractivity contribution >= 4 is 17.4 Å². The lowest BCUT2D eigenvalue weighted by molar-refractivity contribution is -0.387. The zero-order chi connectivity index (χ0) is 13.1. The van der Waals surface area contributed by atoms with Crippen molar-refractivity contribution in [1.82, 2.24) is 20.2 Å². The highest BCUT2D eigenvalue weighted by molar-refractivity contribution is 7.99. The maximum atomic E-state index is 10.9. The van der Waals surface area contributed by atoms with Crippen molar-refractivity contribution in [2.24, 2.45) is 0 Å². The van der Waals surface area contributed by atoms with Gasteiger partial charge in [0, 0.05) is 6.07 Å². The summed E-state index contributed by atoms with van der Waals surface area (Å²) in [5.41, 5.74) is 0.0563. The Morgan fingerprint density at radius 2 is 2.11 bits per heavy atom. The molecule has 0 N–H and O–H groups in total. The van der Waals surface area contributed by atoms with E-state index in [1.807, 2.05) is 13.8 Å². The van der Waals surface area contributed by atoms with Crippen molar-refractivity contribution in [2.45, 2.75) is 29.9 Å². The van der Waals surface area contributed by atoms with E-state index in [9.17, 15) is 10.1 Å². The van der Waals surface area contributed by atoms with E-state index in [2.05, 4.69) is 15.5 Å². The first-order valence-corrected chi connectivity index (χ1v) is 6.10. The summed E-state index contributed by atoms with van der Waals surface area (Å²) in [5, 5.41) is 22.8. The number of hydrogen-bond donors (Lipinski definition) is 0. The van der Waals surface area contributed by atoms with Crippen LogP contribution in [0, 0.1) is 10.1 Å². The van der Waals surface area contributed by atoms with Gasteiger partial charge in [-0.3, -0.25) is 10.1 Å². The van der Waals surface area contributed by atoms with Gasteiger partial charge in [-0.15, -0.1) is 5.10 Å². The fourth-order valence-electron chi connectivity index (χ4n) is 1.37. The topological polar surface area (TPSA) is 86.7 Å². The number of tetrazole rings is 1. The molecule has 0 aliphatic heterocycles. The van der Waals surface area contributed by atoms with Crippen LogP contribution >= 0.6 is 11.8 Å². The second kappa shape index (κ2) is 5.13. The van der Waals surface area contributed by atoms with Crippen molar-refractivity contribution in [3.05, 3.63) is 34.4 Å². The Kier molecular flexibility index (Phi) is 3.56. The molecule has 7 nitrogen and oxygen atoms in total. The SMILES string of the molecule is CC(C)n1nnnc1Sc1ccccc1[N+](=O)[O-]. The van der Waals surface area contributed by atoms with Crippen molar-refractivity contribution < 1.29 is 4.92 Å². The van der Waals surface area contributed by atoms with Crippen LogP contribution in [-0.2, 0) is 0 Å². The van der Waals surface area contributed by atoms with Gasteiger partial charge in [0.25, 0.3) is 5.69 Å². The molecule has 0 fully saturated rings. The van der Waals surface area contributed by atoms with Gasteiger partial charge in [0.2, 0.25) is 5.16 Å². The number of benzene rings is 1. The van der Waals surface area contributed by atoms with E-state index < -0.39 is 4.92 Å². The number of nitro groups is 1. The average Bonchev–Trinajstić information content (AvgIpc) is 2.77. The number of rotatable bonds is 4. The zero-order valence-electron chi connectivity index (χ0n) is 9.85. The lowest BCUT2D eigenvalue weighted by atomic mass is 10.3. The molecular weight excluding hydrogens is 254 g/mol. The molecule has 2 rings (SSSR count). The lowest BCUT2D eigenvalue weighted by Crippen LogP contribution is -2.04. The van der Waals surface area contributed by atoms with Gasteiger partial charge in [-0.1, -0.05) is 12.1 Å². The van der Waals surface area contributed by atoms with E-state index in [1.54, 1.807) is 22.9 Å². The van der Waals surface area contributed by atoms with Gasteiger partial charge >= 0.3 is 0 Å². The van der Waals surface area contributed by atoms with E-state index in [0.717, 1.165) is 0 Å². The van der Waals surface area contributed by atoms with E-state index >= 15 is 0 Å². The standard InChI is InChI=1S/C10H11N5O2S/c1-7(2)14-10(11-12-13-14)18-9-6-4-3-5-8(9)15(16)17/h3-7H,1-2H3. The zero-order valence-corrected chi connectivity index (χ0v) is 10.7. The van der Waals surface area contributed by atoms with Crippen LogP contribution in [0.1, 0.15) is 19.9 Å². The van der Waals surface area contributed by atoms with Crippen LogP contribution < -0.4 is 0 Å². The van der Waals surface area contributed by atoms with Crippen LogP contribution in [0.4, 0.5) is 5.69 Å². The van der Waals surface area contributed by atoms with E-state index in [4.69, 9.17) is 0 Å². The highest BCUT2D eigenvalue weighted by atomic mass is 32.2. The molecule has 0 saturated heterocycles. The minimum absolute atomic E-state index is 0.0563. The molecule has 0 atom stereocenters. The predicted molar refractivity (Wildman–Crippen MR) is 65.4 cm³/mol. The number of para-hydroxylation sites is 1. The minimum Gasteiger partial charge on any atom is -0.258 e. The molecule has 18 heavy (non-hydrogen) atoms. The fraction of sp³-hybridized carbons (Fsp3) is 0.300. The second-order valence-corrected chi connectivity index (χ2v) is 4.84. The van der Waals surface area contributed by atoms with Crippen LogP contribution in [0.5, 0.6) is 0 Å².